The molecular weight excluding hydrogens is 384 g/mol. The molecule has 1 aromatic rings. The van der Waals surface area contributed by atoms with Gasteiger partial charge >= 0.3 is 0 Å². The summed E-state index contributed by atoms with van der Waals surface area (Å²) in [5.74, 6) is 1.23. The lowest BCUT2D eigenvalue weighted by atomic mass is 10.2. The first-order valence-corrected chi connectivity index (χ1v) is 11.0. The summed E-state index contributed by atoms with van der Waals surface area (Å²) in [6, 6.07) is 3.29. The summed E-state index contributed by atoms with van der Waals surface area (Å²) in [6.07, 6.45) is 4.71. The van der Waals surface area contributed by atoms with Crippen molar-refractivity contribution in [1.29, 1.82) is 0 Å². The number of primary amides is 1. The highest BCUT2D eigenvalue weighted by molar-refractivity contribution is 5.89. The summed E-state index contributed by atoms with van der Waals surface area (Å²) in [7, 11) is 0. The van der Waals surface area contributed by atoms with E-state index in [0.717, 1.165) is 64.6 Å². The Labute approximate surface area is 178 Å². The minimum Gasteiger partial charge on any atom is -0.454 e. The largest absolute Gasteiger partial charge is 0.454 e. The van der Waals surface area contributed by atoms with Crippen LogP contribution in [0.3, 0.4) is 0 Å². The normalized spacial score (nSPS) is 18.9. The Bertz CT molecular complexity index is 731. The molecular formula is C21H34N6O3. The van der Waals surface area contributed by atoms with Crippen molar-refractivity contribution in [1.82, 2.24) is 20.0 Å². The molecule has 0 unspecified atom stereocenters. The minimum atomic E-state index is -0.581. The first-order valence-electron chi connectivity index (χ1n) is 11.0. The van der Waals surface area contributed by atoms with E-state index in [-0.39, 0.29) is 11.7 Å². The van der Waals surface area contributed by atoms with E-state index in [2.05, 4.69) is 20.1 Å². The summed E-state index contributed by atoms with van der Waals surface area (Å²) in [6.45, 7) is 8.72. The van der Waals surface area contributed by atoms with Crippen molar-refractivity contribution < 1.29 is 14.0 Å². The predicted octanol–water partition coefficient (Wildman–Crippen LogP) is 0.864. The number of rotatable bonds is 6. The third-order valence-corrected chi connectivity index (χ3v) is 5.61. The van der Waals surface area contributed by atoms with Gasteiger partial charge < -0.3 is 25.3 Å². The summed E-state index contributed by atoms with van der Waals surface area (Å²) < 4.78 is 5.41. The summed E-state index contributed by atoms with van der Waals surface area (Å²) >= 11 is 0. The van der Waals surface area contributed by atoms with Crippen LogP contribution in [0.4, 0.5) is 0 Å². The van der Waals surface area contributed by atoms with E-state index in [1.807, 2.05) is 11.8 Å². The van der Waals surface area contributed by atoms with Gasteiger partial charge in [-0.25, -0.2) is 4.99 Å². The van der Waals surface area contributed by atoms with Gasteiger partial charge in [-0.2, -0.15) is 0 Å². The number of guanidine groups is 1. The lowest BCUT2D eigenvalue weighted by molar-refractivity contribution is -0.132. The molecule has 2 saturated heterocycles. The Morgan fingerprint density at radius 2 is 1.73 bits per heavy atom. The number of carbonyl (C=O) groups excluding carboxylic acids is 2. The first kappa shape index (κ1) is 22.1. The number of nitrogens with one attached hydrogen (secondary N) is 1. The fraction of sp³-hybridized carbons (Fsp3) is 0.667. The molecule has 0 radical (unpaired) electrons. The summed E-state index contributed by atoms with van der Waals surface area (Å²) in [4.78, 5) is 34.9. The maximum Gasteiger partial charge on any atom is 0.284 e. The molecule has 2 amide bonds. The van der Waals surface area contributed by atoms with Crippen molar-refractivity contribution in [3.63, 3.8) is 0 Å². The molecule has 3 N–H and O–H groups in total. The summed E-state index contributed by atoms with van der Waals surface area (Å²) in [5, 5.41) is 3.32. The van der Waals surface area contributed by atoms with Crippen LogP contribution >= 0.6 is 0 Å². The number of carbonyl (C=O) groups is 2. The number of likely N-dealkylation sites (tertiary alicyclic amines) is 1. The Morgan fingerprint density at radius 3 is 2.33 bits per heavy atom. The second kappa shape index (κ2) is 11.0. The molecule has 2 aliphatic rings. The molecule has 0 atom stereocenters. The highest BCUT2D eigenvalue weighted by Gasteiger charge is 2.23. The van der Waals surface area contributed by atoms with Crippen LogP contribution in [0.25, 0.3) is 0 Å². The molecule has 2 fully saturated rings. The molecule has 9 heteroatoms. The fourth-order valence-corrected chi connectivity index (χ4v) is 3.90. The number of aliphatic imine (C=N–C) groups is 1. The van der Waals surface area contributed by atoms with Crippen molar-refractivity contribution in [3.05, 3.63) is 23.7 Å². The molecule has 0 bridgehead atoms. The molecule has 166 valence electrons. The Kier molecular flexibility index (Phi) is 8.12. The number of amides is 2. The van der Waals surface area contributed by atoms with Gasteiger partial charge in [0.15, 0.2) is 11.7 Å². The smallest absolute Gasteiger partial charge is 0.284 e. The fourth-order valence-electron chi connectivity index (χ4n) is 3.90. The zero-order valence-electron chi connectivity index (χ0n) is 17.9. The third-order valence-electron chi connectivity index (χ3n) is 5.61. The van der Waals surface area contributed by atoms with Crippen LogP contribution in [0.2, 0.25) is 0 Å². The van der Waals surface area contributed by atoms with Crippen molar-refractivity contribution in [2.24, 2.45) is 10.7 Å². The third kappa shape index (κ3) is 6.22. The lowest BCUT2D eigenvalue weighted by Crippen LogP contribution is -2.54. The number of hydrogen-bond acceptors (Lipinski definition) is 5. The predicted molar refractivity (Wildman–Crippen MR) is 115 cm³/mol. The number of nitrogens with two attached hydrogens (primary N) is 1. The minimum absolute atomic E-state index is 0.146. The lowest BCUT2D eigenvalue weighted by Gasteiger charge is -2.37. The van der Waals surface area contributed by atoms with Gasteiger partial charge in [-0.05, 0) is 31.9 Å². The average Bonchev–Trinajstić information content (AvgIpc) is 3.05. The van der Waals surface area contributed by atoms with Crippen LogP contribution < -0.4 is 11.1 Å². The van der Waals surface area contributed by atoms with Crippen molar-refractivity contribution in [2.45, 2.75) is 39.2 Å². The van der Waals surface area contributed by atoms with E-state index in [0.29, 0.717) is 18.8 Å². The average molecular weight is 419 g/mol. The van der Waals surface area contributed by atoms with Gasteiger partial charge in [0.1, 0.15) is 12.3 Å². The molecule has 2 aliphatic heterocycles. The van der Waals surface area contributed by atoms with E-state index in [4.69, 9.17) is 10.2 Å². The van der Waals surface area contributed by atoms with Gasteiger partial charge in [-0.3, -0.25) is 14.5 Å². The van der Waals surface area contributed by atoms with E-state index in [1.165, 1.54) is 12.8 Å². The van der Waals surface area contributed by atoms with Crippen LogP contribution in [0.5, 0.6) is 0 Å². The van der Waals surface area contributed by atoms with Crippen LogP contribution in [0, 0.1) is 0 Å². The maximum absolute atomic E-state index is 12.6. The molecule has 0 spiro atoms. The van der Waals surface area contributed by atoms with Gasteiger partial charge in [-0.1, -0.05) is 12.8 Å². The Morgan fingerprint density at radius 1 is 1.03 bits per heavy atom. The number of furan rings is 1. The highest BCUT2D eigenvalue weighted by atomic mass is 16.3. The molecule has 3 rings (SSSR count). The van der Waals surface area contributed by atoms with Gasteiger partial charge in [0.25, 0.3) is 5.91 Å². The molecule has 0 aromatic carbocycles. The van der Waals surface area contributed by atoms with Crippen LogP contribution in [0.15, 0.2) is 21.5 Å². The van der Waals surface area contributed by atoms with Crippen molar-refractivity contribution >= 4 is 17.8 Å². The number of hydrogen-bond donors (Lipinski definition) is 2. The zero-order valence-corrected chi connectivity index (χ0v) is 17.9. The van der Waals surface area contributed by atoms with Crippen molar-refractivity contribution in [3.8, 4) is 0 Å². The standard InChI is InChI=1S/C21H34N6O3/c1-2-23-21(24-15-17-7-8-18(30-17)20(22)29)27-13-11-25(12-14-27)16-19(28)26-9-5-3-4-6-10-26/h7-8H,2-6,9-16H2,1H3,(H2,22,29)(H,23,24). The van der Waals surface area contributed by atoms with Gasteiger partial charge in [0, 0.05) is 45.8 Å². The quantitative estimate of drug-likeness (QED) is 0.524. The Balaban J connectivity index is 1.50. The van der Waals surface area contributed by atoms with E-state index in [9.17, 15) is 9.59 Å². The molecule has 0 saturated carbocycles. The van der Waals surface area contributed by atoms with Crippen LogP contribution in [0.1, 0.15) is 48.9 Å². The van der Waals surface area contributed by atoms with Gasteiger partial charge in [-0.15, -0.1) is 0 Å². The second-order valence-electron chi connectivity index (χ2n) is 7.86. The van der Waals surface area contributed by atoms with E-state index < -0.39 is 5.91 Å². The number of nitrogens with zero attached hydrogens (tertiary/aromatic N) is 4. The number of piperazine rings is 1. The Hall–Kier alpha value is -2.55. The second-order valence-corrected chi connectivity index (χ2v) is 7.86. The van der Waals surface area contributed by atoms with E-state index >= 15 is 0 Å². The van der Waals surface area contributed by atoms with Gasteiger partial charge in [0.05, 0.1) is 6.54 Å². The van der Waals surface area contributed by atoms with Gasteiger partial charge in [0.2, 0.25) is 5.91 Å². The maximum atomic E-state index is 12.6. The molecule has 0 aliphatic carbocycles. The zero-order chi connectivity index (χ0) is 21.3. The van der Waals surface area contributed by atoms with E-state index in [1.54, 1.807) is 12.1 Å². The SMILES string of the molecule is CCNC(=NCc1ccc(C(N)=O)o1)N1CCN(CC(=O)N2CCCCCC2)CC1. The van der Waals surface area contributed by atoms with Crippen LogP contribution in [-0.2, 0) is 11.3 Å². The molecule has 3 heterocycles. The monoisotopic (exact) mass is 418 g/mol. The van der Waals surface area contributed by atoms with Crippen molar-refractivity contribution in [2.75, 3.05) is 52.4 Å². The molecule has 30 heavy (non-hydrogen) atoms. The molecule has 1 aromatic heterocycles. The molecule has 9 nitrogen and oxygen atoms in total. The first-order chi connectivity index (χ1) is 14.6. The summed E-state index contributed by atoms with van der Waals surface area (Å²) in [5.41, 5.74) is 5.23. The topological polar surface area (TPSA) is 107 Å². The highest BCUT2D eigenvalue weighted by Crippen LogP contribution is 2.12. The van der Waals surface area contributed by atoms with Crippen LogP contribution in [-0.4, -0.2) is 84.8 Å².